The minimum atomic E-state index is 0.890. The molecule has 3 heteroatoms. The van der Waals surface area contributed by atoms with Crippen LogP contribution in [0.2, 0.25) is 0 Å². The second kappa shape index (κ2) is 8.11. The van der Waals surface area contributed by atoms with Crippen molar-refractivity contribution in [1.82, 2.24) is 14.5 Å². The molecule has 0 aliphatic rings. The molecule has 3 rings (SSSR count). The van der Waals surface area contributed by atoms with E-state index >= 15 is 0 Å². The largest absolute Gasteiger partial charge is 0.328 e. The van der Waals surface area contributed by atoms with Gasteiger partial charge in [0.25, 0.3) is 0 Å². The fraction of sp³-hybridized carbons (Fsp3) is 0.381. The van der Waals surface area contributed by atoms with Gasteiger partial charge in [0.05, 0.1) is 11.0 Å². The Bertz CT molecular complexity index is 757. The number of hydrogen-bond acceptors (Lipinski definition) is 2. The molecule has 126 valence electrons. The van der Waals surface area contributed by atoms with Gasteiger partial charge in [-0.05, 0) is 43.8 Å². The number of aryl methyl sites for hydroxylation is 1. The van der Waals surface area contributed by atoms with Gasteiger partial charge in [0.2, 0.25) is 0 Å². The van der Waals surface area contributed by atoms with Crippen molar-refractivity contribution in [2.75, 3.05) is 19.6 Å². The lowest BCUT2D eigenvalue weighted by atomic mass is 10.1. The molecule has 3 nitrogen and oxygen atoms in total. The van der Waals surface area contributed by atoms with E-state index in [1.807, 2.05) is 0 Å². The van der Waals surface area contributed by atoms with E-state index in [4.69, 9.17) is 4.98 Å². The van der Waals surface area contributed by atoms with Gasteiger partial charge in [-0.3, -0.25) is 0 Å². The smallest absolute Gasteiger partial charge is 0.114 e. The van der Waals surface area contributed by atoms with Crippen LogP contribution in [0.1, 0.15) is 31.7 Å². The van der Waals surface area contributed by atoms with Crippen molar-refractivity contribution in [2.24, 2.45) is 0 Å². The molecule has 0 aliphatic heterocycles. The van der Waals surface area contributed by atoms with E-state index in [1.165, 1.54) is 16.9 Å². The highest BCUT2D eigenvalue weighted by atomic mass is 15.1. The first-order valence-electron chi connectivity index (χ1n) is 9.02. The lowest BCUT2D eigenvalue weighted by Crippen LogP contribution is -2.25. The zero-order chi connectivity index (χ0) is 16.8. The van der Waals surface area contributed by atoms with Crippen LogP contribution in [-0.2, 0) is 13.0 Å². The Morgan fingerprint density at radius 3 is 2.38 bits per heavy atom. The molecule has 24 heavy (non-hydrogen) atoms. The van der Waals surface area contributed by atoms with Crippen LogP contribution in [0.4, 0.5) is 0 Å². The van der Waals surface area contributed by atoms with E-state index < -0.39 is 0 Å². The van der Waals surface area contributed by atoms with Crippen molar-refractivity contribution < 1.29 is 0 Å². The van der Waals surface area contributed by atoms with E-state index in [1.54, 1.807) is 0 Å². The summed E-state index contributed by atoms with van der Waals surface area (Å²) in [7, 11) is 0. The first-order valence-corrected chi connectivity index (χ1v) is 9.02. The minimum absolute atomic E-state index is 0.890. The summed E-state index contributed by atoms with van der Waals surface area (Å²) in [6.45, 7) is 8.88. The molecule has 0 amide bonds. The Morgan fingerprint density at radius 1 is 0.917 bits per heavy atom. The van der Waals surface area contributed by atoms with Crippen molar-refractivity contribution in [1.29, 1.82) is 0 Å². The molecule has 1 heterocycles. The molecular weight excluding hydrogens is 294 g/mol. The summed E-state index contributed by atoms with van der Waals surface area (Å²) in [5, 5.41) is 0. The van der Waals surface area contributed by atoms with Gasteiger partial charge in [-0.2, -0.15) is 0 Å². The van der Waals surface area contributed by atoms with Gasteiger partial charge in [-0.1, -0.05) is 56.3 Å². The van der Waals surface area contributed by atoms with E-state index in [0.717, 1.165) is 44.5 Å². The maximum Gasteiger partial charge on any atom is 0.114 e. The Labute approximate surface area is 144 Å². The average molecular weight is 321 g/mol. The minimum Gasteiger partial charge on any atom is -0.328 e. The van der Waals surface area contributed by atoms with Gasteiger partial charge >= 0.3 is 0 Å². The van der Waals surface area contributed by atoms with Crippen molar-refractivity contribution in [3.05, 3.63) is 66.0 Å². The third-order valence-corrected chi connectivity index (χ3v) is 4.69. The summed E-state index contributed by atoms with van der Waals surface area (Å²) in [5.74, 6) is 1.17. The summed E-state index contributed by atoms with van der Waals surface area (Å²) in [6.07, 6.45) is 2.05. The third-order valence-electron chi connectivity index (χ3n) is 4.69. The van der Waals surface area contributed by atoms with Gasteiger partial charge in [0.15, 0.2) is 0 Å². The highest BCUT2D eigenvalue weighted by molar-refractivity contribution is 5.76. The predicted octanol–water partition coefficient (Wildman–Crippen LogP) is 4.36. The highest BCUT2D eigenvalue weighted by Gasteiger charge is 2.11. The van der Waals surface area contributed by atoms with E-state index in [2.05, 4.69) is 77.9 Å². The molecule has 0 saturated carbocycles. The van der Waals surface area contributed by atoms with E-state index in [-0.39, 0.29) is 0 Å². The number of rotatable bonds is 8. The number of aromatic nitrogens is 2. The molecule has 1 aromatic heterocycles. The van der Waals surface area contributed by atoms with Crippen molar-refractivity contribution in [3.63, 3.8) is 0 Å². The summed E-state index contributed by atoms with van der Waals surface area (Å²) in [6, 6.07) is 19.1. The molecule has 3 aromatic rings. The number of para-hydroxylation sites is 2. The molecule has 0 bridgehead atoms. The van der Waals surface area contributed by atoms with Gasteiger partial charge < -0.3 is 9.47 Å². The monoisotopic (exact) mass is 321 g/mol. The number of fused-ring (bicyclic) bond motifs is 1. The molecule has 0 fully saturated rings. The predicted molar refractivity (Wildman–Crippen MR) is 101 cm³/mol. The number of benzene rings is 2. The van der Waals surface area contributed by atoms with Crippen LogP contribution < -0.4 is 0 Å². The average Bonchev–Trinajstić information content (AvgIpc) is 2.97. The van der Waals surface area contributed by atoms with Crippen LogP contribution in [0.3, 0.4) is 0 Å². The van der Waals surface area contributed by atoms with Crippen LogP contribution in [-0.4, -0.2) is 34.1 Å². The van der Waals surface area contributed by atoms with Gasteiger partial charge in [-0.15, -0.1) is 0 Å². The number of imidazole rings is 1. The van der Waals surface area contributed by atoms with E-state index in [9.17, 15) is 0 Å². The number of hydrogen-bond donors (Lipinski definition) is 0. The van der Waals surface area contributed by atoms with Crippen LogP contribution in [0.15, 0.2) is 54.6 Å². The molecule has 0 radical (unpaired) electrons. The molecule has 0 spiro atoms. The lowest BCUT2D eigenvalue weighted by Gasteiger charge is -2.18. The SMILES string of the molecule is CCN(CC)CCCn1c(Cc2ccccc2)nc2ccccc21. The summed E-state index contributed by atoms with van der Waals surface area (Å²) < 4.78 is 2.41. The fourth-order valence-corrected chi connectivity index (χ4v) is 3.28. The Kier molecular flexibility index (Phi) is 5.65. The maximum absolute atomic E-state index is 4.90. The van der Waals surface area contributed by atoms with Gasteiger partial charge in [0, 0.05) is 13.0 Å². The summed E-state index contributed by atoms with van der Waals surface area (Å²) >= 11 is 0. The van der Waals surface area contributed by atoms with E-state index in [0.29, 0.717) is 0 Å². The van der Waals surface area contributed by atoms with Crippen LogP contribution >= 0.6 is 0 Å². The number of nitrogens with zero attached hydrogens (tertiary/aromatic N) is 3. The fourth-order valence-electron chi connectivity index (χ4n) is 3.28. The quantitative estimate of drug-likeness (QED) is 0.615. The standard InChI is InChI=1S/C21H27N3/c1-3-23(4-2)15-10-16-24-20-14-9-8-13-19(20)22-21(24)17-18-11-6-5-7-12-18/h5-9,11-14H,3-4,10,15-17H2,1-2H3. The Morgan fingerprint density at radius 2 is 1.62 bits per heavy atom. The Balaban J connectivity index is 1.82. The zero-order valence-corrected chi connectivity index (χ0v) is 14.8. The summed E-state index contributed by atoms with van der Waals surface area (Å²) in [4.78, 5) is 7.38. The molecular formula is C21H27N3. The normalized spacial score (nSPS) is 11.5. The Hall–Kier alpha value is -2.13. The van der Waals surface area contributed by atoms with Crippen molar-refractivity contribution in [3.8, 4) is 0 Å². The van der Waals surface area contributed by atoms with Crippen molar-refractivity contribution in [2.45, 2.75) is 33.2 Å². The third kappa shape index (κ3) is 3.85. The zero-order valence-electron chi connectivity index (χ0n) is 14.8. The van der Waals surface area contributed by atoms with Gasteiger partial charge in [-0.25, -0.2) is 4.98 Å². The molecule has 0 atom stereocenters. The molecule has 2 aromatic carbocycles. The molecule has 0 unspecified atom stereocenters. The highest BCUT2D eigenvalue weighted by Crippen LogP contribution is 2.19. The first kappa shape index (κ1) is 16.7. The van der Waals surface area contributed by atoms with Crippen LogP contribution in [0.5, 0.6) is 0 Å². The molecule has 0 saturated heterocycles. The van der Waals surface area contributed by atoms with Crippen molar-refractivity contribution >= 4 is 11.0 Å². The summed E-state index contributed by atoms with van der Waals surface area (Å²) in [5.41, 5.74) is 3.67. The van der Waals surface area contributed by atoms with Crippen LogP contribution in [0, 0.1) is 0 Å². The second-order valence-electron chi connectivity index (χ2n) is 6.21. The van der Waals surface area contributed by atoms with Crippen LogP contribution in [0.25, 0.3) is 11.0 Å². The van der Waals surface area contributed by atoms with Gasteiger partial charge in [0.1, 0.15) is 5.82 Å². The molecule has 0 aliphatic carbocycles. The first-order chi connectivity index (χ1) is 11.8. The topological polar surface area (TPSA) is 21.1 Å². The maximum atomic E-state index is 4.90. The second-order valence-corrected chi connectivity index (χ2v) is 6.21. The lowest BCUT2D eigenvalue weighted by molar-refractivity contribution is 0.293. The molecule has 0 N–H and O–H groups in total.